The van der Waals surface area contributed by atoms with Crippen molar-refractivity contribution in [3.63, 3.8) is 0 Å². The molecule has 0 radical (unpaired) electrons. The van der Waals surface area contributed by atoms with Gasteiger partial charge in [-0.15, -0.1) is 0 Å². The number of aliphatic hydroxyl groups excluding tert-OH is 1. The van der Waals surface area contributed by atoms with Crippen LogP contribution in [0.5, 0.6) is 0 Å². The Balaban J connectivity index is 0.000000579. The van der Waals surface area contributed by atoms with Gasteiger partial charge in [-0.2, -0.15) is 0 Å². The topological polar surface area (TPSA) is 62.5 Å². The number of hydrogen-bond donors (Lipinski definition) is 1. The molecule has 1 aromatic carbocycles. The maximum absolute atomic E-state index is 11.2. The number of carbonyl (C=O) groups is 1. The number of hydrogen-bond acceptors (Lipinski definition) is 4. The van der Waals surface area contributed by atoms with Gasteiger partial charge < -0.3 is 5.11 Å². The van der Waals surface area contributed by atoms with Crippen LogP contribution in [-0.2, 0) is 11.8 Å². The zero-order chi connectivity index (χ0) is 28.4. The summed E-state index contributed by atoms with van der Waals surface area (Å²) >= 11 is 0. The number of rotatable bonds is 8. The third-order valence-electron chi connectivity index (χ3n) is 6.10. The van der Waals surface area contributed by atoms with Gasteiger partial charge in [-0.05, 0) is 94.5 Å². The Morgan fingerprint density at radius 2 is 1.73 bits per heavy atom. The molecule has 0 aliphatic heterocycles. The van der Waals surface area contributed by atoms with Crippen molar-refractivity contribution in [2.45, 2.75) is 99.8 Å². The molecule has 1 fully saturated rings. The first-order valence-corrected chi connectivity index (χ1v) is 13.7. The summed E-state index contributed by atoms with van der Waals surface area (Å²) in [6.45, 7) is 22.1. The van der Waals surface area contributed by atoms with Gasteiger partial charge in [0.15, 0.2) is 5.78 Å². The number of carbonyl (C=O) groups excluding carboxylic acids is 1. The Labute approximate surface area is 226 Å². The van der Waals surface area contributed by atoms with Crippen molar-refractivity contribution in [3.05, 3.63) is 83.3 Å². The second-order valence-corrected chi connectivity index (χ2v) is 9.18. The number of ketones is 1. The summed E-state index contributed by atoms with van der Waals surface area (Å²) in [6.07, 6.45) is 9.24. The SMILES string of the molecule is C=C/C(=C\N=C(C)C)c1cccc(CC)n1.CC.CCC1(c2ccc(C(C)=O)cc2C)CC1.CCCO. The second-order valence-electron chi connectivity index (χ2n) is 9.18. The molecule has 0 bridgehead atoms. The molecule has 1 aliphatic carbocycles. The summed E-state index contributed by atoms with van der Waals surface area (Å²) in [6, 6.07) is 12.2. The number of Topliss-reactive ketones (excluding diaryl/α,β-unsaturated/α-hetero) is 1. The molecule has 4 heteroatoms. The Bertz CT molecular complexity index is 1020. The number of allylic oxidation sites excluding steroid dienone is 2. The Morgan fingerprint density at radius 1 is 1.11 bits per heavy atom. The number of aryl methyl sites for hydroxylation is 2. The van der Waals surface area contributed by atoms with Crippen molar-refractivity contribution in [1.82, 2.24) is 4.98 Å². The molecule has 2 aromatic rings. The predicted octanol–water partition coefficient (Wildman–Crippen LogP) is 8.71. The summed E-state index contributed by atoms with van der Waals surface area (Å²) in [5.74, 6) is 0.158. The van der Waals surface area contributed by atoms with Crippen molar-refractivity contribution < 1.29 is 9.90 Å². The van der Waals surface area contributed by atoms with Crippen molar-refractivity contribution in [2.24, 2.45) is 4.99 Å². The van der Waals surface area contributed by atoms with Gasteiger partial charge in [0.05, 0.1) is 5.69 Å². The van der Waals surface area contributed by atoms with Crippen LogP contribution >= 0.6 is 0 Å². The molecule has 37 heavy (non-hydrogen) atoms. The first kappa shape index (κ1) is 34.1. The van der Waals surface area contributed by atoms with E-state index in [1.165, 1.54) is 30.4 Å². The van der Waals surface area contributed by atoms with Crippen molar-refractivity contribution in [1.29, 1.82) is 0 Å². The van der Waals surface area contributed by atoms with Crippen LogP contribution < -0.4 is 0 Å². The van der Waals surface area contributed by atoms with Crippen LogP contribution in [0, 0.1) is 6.92 Å². The first-order chi connectivity index (χ1) is 17.7. The average Bonchev–Trinajstić information content (AvgIpc) is 3.71. The predicted molar refractivity (Wildman–Crippen MR) is 162 cm³/mol. The second kappa shape index (κ2) is 18.4. The lowest BCUT2D eigenvalue weighted by atomic mass is 9.88. The number of aliphatic hydroxyl groups is 1. The molecule has 0 unspecified atom stereocenters. The monoisotopic (exact) mass is 506 g/mol. The van der Waals surface area contributed by atoms with Gasteiger partial charge in [0, 0.05) is 35.3 Å². The van der Waals surface area contributed by atoms with E-state index >= 15 is 0 Å². The highest BCUT2D eigenvalue weighted by atomic mass is 16.2. The van der Waals surface area contributed by atoms with Crippen molar-refractivity contribution in [2.75, 3.05) is 6.61 Å². The van der Waals surface area contributed by atoms with E-state index in [0.717, 1.165) is 41.1 Å². The van der Waals surface area contributed by atoms with Gasteiger partial charge in [-0.3, -0.25) is 14.8 Å². The number of aliphatic imine (C=N–C) groups is 1. The minimum Gasteiger partial charge on any atom is -0.396 e. The quantitative estimate of drug-likeness (QED) is 0.221. The largest absolute Gasteiger partial charge is 0.396 e. The maximum atomic E-state index is 11.2. The molecule has 0 saturated heterocycles. The lowest BCUT2D eigenvalue weighted by molar-refractivity contribution is 0.101. The smallest absolute Gasteiger partial charge is 0.159 e. The molecule has 1 saturated carbocycles. The summed E-state index contributed by atoms with van der Waals surface area (Å²) in [7, 11) is 0. The molecular formula is C33H50N2O2. The van der Waals surface area contributed by atoms with Crippen LogP contribution in [0.25, 0.3) is 5.57 Å². The molecule has 1 N–H and O–H groups in total. The van der Waals surface area contributed by atoms with E-state index in [4.69, 9.17) is 5.11 Å². The molecule has 0 atom stereocenters. The van der Waals surface area contributed by atoms with Gasteiger partial charge in [0.1, 0.15) is 0 Å². The normalized spacial score (nSPS) is 12.9. The molecule has 3 rings (SSSR count). The third-order valence-corrected chi connectivity index (χ3v) is 6.10. The summed E-state index contributed by atoms with van der Waals surface area (Å²) < 4.78 is 0. The fourth-order valence-electron chi connectivity index (χ4n) is 3.70. The van der Waals surface area contributed by atoms with Gasteiger partial charge in [0.25, 0.3) is 0 Å². The van der Waals surface area contributed by atoms with Crippen LogP contribution in [0.4, 0.5) is 0 Å². The molecule has 1 aliphatic rings. The van der Waals surface area contributed by atoms with Crippen molar-refractivity contribution in [3.8, 4) is 0 Å². The standard InChI is InChI=1S/C14H18N2.C14H18O.C3H8O.C2H6/c1-5-12(10-15-11(3)4)14-9-7-8-13(6-2)16-14;1-4-14(7-8-14)13-6-5-12(11(3)15)9-10(13)2;1-2-3-4;1-2/h5,7-10H,1,6H2,2-4H3;5-6,9H,4,7-8H2,1-3H3;4H,2-3H2,1H3;1-2H3/b12-10+;;;. The molecule has 0 spiro atoms. The van der Waals surface area contributed by atoms with Gasteiger partial charge >= 0.3 is 0 Å². The fraction of sp³-hybridized carbons (Fsp3) is 0.485. The Morgan fingerprint density at radius 3 is 2.14 bits per heavy atom. The molecular weight excluding hydrogens is 456 g/mol. The van der Waals surface area contributed by atoms with Gasteiger partial charge in [-0.25, -0.2) is 0 Å². The molecule has 0 amide bonds. The number of pyridine rings is 1. The lowest BCUT2D eigenvalue weighted by Crippen LogP contribution is -2.07. The Kier molecular flexibility index (Phi) is 17.0. The van der Waals surface area contributed by atoms with E-state index in [9.17, 15) is 4.79 Å². The van der Waals surface area contributed by atoms with Gasteiger partial charge in [-0.1, -0.05) is 65.5 Å². The minimum atomic E-state index is 0.158. The van der Waals surface area contributed by atoms with Crippen molar-refractivity contribution >= 4 is 17.1 Å². The first-order valence-electron chi connectivity index (χ1n) is 13.7. The van der Waals surface area contributed by atoms with E-state index in [0.29, 0.717) is 12.0 Å². The third kappa shape index (κ3) is 11.8. The molecule has 204 valence electrons. The van der Waals surface area contributed by atoms with E-state index in [-0.39, 0.29) is 5.78 Å². The maximum Gasteiger partial charge on any atom is 0.159 e. The number of nitrogens with zero attached hydrogens (tertiary/aromatic N) is 2. The highest BCUT2D eigenvalue weighted by molar-refractivity contribution is 5.94. The molecule has 1 aromatic heterocycles. The molecule has 1 heterocycles. The van der Waals surface area contributed by atoms with E-state index in [2.05, 4.69) is 43.4 Å². The average molecular weight is 507 g/mol. The van der Waals surface area contributed by atoms with Crippen LogP contribution in [0.2, 0.25) is 0 Å². The number of benzene rings is 1. The summed E-state index contributed by atoms with van der Waals surface area (Å²) in [4.78, 5) is 20.0. The van der Waals surface area contributed by atoms with Crippen LogP contribution in [0.15, 0.2) is 60.2 Å². The summed E-state index contributed by atoms with van der Waals surface area (Å²) in [5, 5.41) is 7.88. The van der Waals surface area contributed by atoms with E-state index in [1.807, 2.05) is 71.2 Å². The fourth-order valence-corrected chi connectivity index (χ4v) is 3.70. The summed E-state index contributed by atoms with van der Waals surface area (Å²) in [5.41, 5.74) is 8.00. The van der Waals surface area contributed by atoms with Gasteiger partial charge in [0.2, 0.25) is 0 Å². The number of aromatic nitrogens is 1. The van der Waals surface area contributed by atoms with E-state index < -0.39 is 0 Å². The molecule has 4 nitrogen and oxygen atoms in total. The lowest BCUT2D eigenvalue weighted by Gasteiger charge is -2.16. The van der Waals surface area contributed by atoms with Crippen LogP contribution in [0.1, 0.15) is 114 Å². The zero-order valence-electron chi connectivity index (χ0n) is 24.8. The van der Waals surface area contributed by atoms with Crippen LogP contribution in [-0.4, -0.2) is 28.2 Å². The zero-order valence-corrected chi connectivity index (χ0v) is 24.8. The Hall–Kier alpha value is -2.85. The highest BCUT2D eigenvalue weighted by Gasteiger charge is 2.43. The van der Waals surface area contributed by atoms with E-state index in [1.54, 1.807) is 13.0 Å². The highest BCUT2D eigenvalue weighted by Crippen LogP contribution is 2.51. The van der Waals surface area contributed by atoms with Crippen LogP contribution in [0.3, 0.4) is 0 Å². The minimum absolute atomic E-state index is 0.158.